The van der Waals surface area contributed by atoms with Gasteiger partial charge in [0.15, 0.2) is 0 Å². The lowest BCUT2D eigenvalue weighted by Gasteiger charge is -2.02. The summed E-state index contributed by atoms with van der Waals surface area (Å²) >= 11 is 0. The van der Waals surface area contributed by atoms with E-state index < -0.39 is 0 Å². The van der Waals surface area contributed by atoms with Gasteiger partial charge < -0.3 is 4.74 Å². The number of rotatable bonds is 1. The predicted molar refractivity (Wildman–Crippen MR) is 52.5 cm³/mol. The highest BCUT2D eigenvalue weighted by Gasteiger charge is 1.99. The van der Waals surface area contributed by atoms with Gasteiger partial charge in [-0.25, -0.2) is 4.98 Å². The first-order valence-corrected chi connectivity index (χ1v) is 4.09. The summed E-state index contributed by atoms with van der Waals surface area (Å²) in [4.78, 5) is 4.31. The lowest BCUT2D eigenvalue weighted by atomic mass is 10.1. The maximum atomic E-state index is 4.82. The fourth-order valence-corrected chi connectivity index (χ4v) is 1.36. The molecule has 0 unspecified atom stereocenters. The van der Waals surface area contributed by atoms with Gasteiger partial charge in [0.05, 0.1) is 5.52 Å². The molecule has 1 heterocycles. The molecule has 2 nitrogen and oxygen atoms in total. The predicted octanol–water partition coefficient (Wildman–Crippen LogP) is 2.71. The molecular weight excluding hydrogens is 162 g/mol. The highest BCUT2D eigenvalue weighted by atomic mass is 16.5. The number of ether oxygens (including phenoxy) is 1. The van der Waals surface area contributed by atoms with Crippen molar-refractivity contribution < 1.29 is 4.74 Å². The topological polar surface area (TPSA) is 22.1 Å². The van der Waals surface area contributed by atoms with Gasteiger partial charge in [0.1, 0.15) is 7.11 Å². The molecule has 0 atom stereocenters. The summed E-state index contributed by atoms with van der Waals surface area (Å²) < 4.78 is 4.82. The second-order valence-electron chi connectivity index (χ2n) is 2.94. The second-order valence-corrected chi connectivity index (χ2v) is 2.94. The minimum atomic E-state index is 0.557. The third-order valence-corrected chi connectivity index (χ3v) is 2.04. The average Bonchev–Trinajstić information content (AvgIpc) is 2.18. The third kappa shape index (κ3) is 1.35. The van der Waals surface area contributed by atoms with Crippen LogP contribution in [0.15, 0.2) is 30.3 Å². The van der Waals surface area contributed by atoms with Gasteiger partial charge in [0.2, 0.25) is 5.88 Å². The fraction of sp³-hybridized carbons (Fsp3) is 0.0909. The standard InChI is InChI=1S/C11H10NO/c1-8-4-3-5-9-6-7-10(13-2)12-11(8)9/h3-7H,2H2,1H3. The van der Waals surface area contributed by atoms with Crippen LogP contribution in [0.25, 0.3) is 10.9 Å². The van der Waals surface area contributed by atoms with E-state index in [-0.39, 0.29) is 0 Å². The zero-order chi connectivity index (χ0) is 9.26. The number of hydrogen-bond acceptors (Lipinski definition) is 2. The molecule has 0 amide bonds. The van der Waals surface area contributed by atoms with Crippen LogP contribution in [0.5, 0.6) is 5.88 Å². The minimum Gasteiger partial charge on any atom is -0.474 e. The van der Waals surface area contributed by atoms with Gasteiger partial charge in [-0.2, -0.15) is 0 Å². The van der Waals surface area contributed by atoms with E-state index >= 15 is 0 Å². The maximum Gasteiger partial charge on any atom is 0.213 e. The lowest BCUT2D eigenvalue weighted by molar-refractivity contribution is 0.455. The molecule has 0 aliphatic carbocycles. The number of aromatic nitrogens is 1. The Morgan fingerprint density at radius 2 is 2.08 bits per heavy atom. The number of fused-ring (bicyclic) bond motifs is 1. The van der Waals surface area contributed by atoms with E-state index in [0.717, 1.165) is 16.5 Å². The Bertz CT molecular complexity index is 437. The largest absolute Gasteiger partial charge is 0.474 e. The zero-order valence-electron chi connectivity index (χ0n) is 7.45. The molecular formula is C11H10NO. The van der Waals surface area contributed by atoms with Crippen LogP contribution in [0.2, 0.25) is 0 Å². The van der Waals surface area contributed by atoms with Crippen LogP contribution < -0.4 is 4.74 Å². The van der Waals surface area contributed by atoms with E-state index in [9.17, 15) is 0 Å². The quantitative estimate of drug-likeness (QED) is 0.659. The van der Waals surface area contributed by atoms with Crippen LogP contribution >= 0.6 is 0 Å². The van der Waals surface area contributed by atoms with Crippen molar-refractivity contribution in [3.05, 3.63) is 43.0 Å². The molecule has 0 saturated heterocycles. The molecule has 1 aromatic carbocycles. The molecule has 13 heavy (non-hydrogen) atoms. The molecule has 0 bridgehead atoms. The summed E-state index contributed by atoms with van der Waals surface area (Å²) in [5.74, 6) is 0.557. The van der Waals surface area contributed by atoms with Gasteiger partial charge in [-0.15, -0.1) is 0 Å². The van der Waals surface area contributed by atoms with E-state index in [2.05, 4.69) is 12.1 Å². The van der Waals surface area contributed by atoms with Crippen LogP contribution in [-0.2, 0) is 0 Å². The van der Waals surface area contributed by atoms with Crippen LogP contribution in [-0.4, -0.2) is 4.98 Å². The Kier molecular flexibility index (Phi) is 1.89. The van der Waals surface area contributed by atoms with Gasteiger partial charge >= 0.3 is 0 Å². The van der Waals surface area contributed by atoms with Gasteiger partial charge in [0.25, 0.3) is 0 Å². The molecule has 65 valence electrons. The first-order chi connectivity index (χ1) is 6.31. The van der Waals surface area contributed by atoms with Crippen LogP contribution in [0, 0.1) is 14.0 Å². The summed E-state index contributed by atoms with van der Waals surface area (Å²) in [7, 11) is 3.33. The third-order valence-electron chi connectivity index (χ3n) is 2.04. The molecule has 0 aliphatic rings. The Balaban J connectivity index is 2.74. The van der Waals surface area contributed by atoms with Crippen molar-refractivity contribution in [3.8, 4) is 5.88 Å². The number of hydrogen-bond donors (Lipinski definition) is 0. The van der Waals surface area contributed by atoms with E-state index in [1.54, 1.807) is 0 Å². The van der Waals surface area contributed by atoms with Crippen molar-refractivity contribution in [2.24, 2.45) is 0 Å². The van der Waals surface area contributed by atoms with Gasteiger partial charge in [-0.05, 0) is 18.6 Å². The Morgan fingerprint density at radius 1 is 1.23 bits per heavy atom. The van der Waals surface area contributed by atoms with Crippen molar-refractivity contribution in [2.45, 2.75) is 6.92 Å². The maximum absolute atomic E-state index is 4.82. The first kappa shape index (κ1) is 8.05. The number of aryl methyl sites for hydroxylation is 1. The van der Waals surface area contributed by atoms with Crippen molar-refractivity contribution in [1.29, 1.82) is 0 Å². The summed E-state index contributed by atoms with van der Waals surface area (Å²) in [5.41, 5.74) is 2.13. The Morgan fingerprint density at radius 3 is 2.85 bits per heavy atom. The first-order valence-electron chi connectivity index (χ1n) is 4.09. The van der Waals surface area contributed by atoms with Gasteiger partial charge in [-0.3, -0.25) is 0 Å². The van der Waals surface area contributed by atoms with Crippen LogP contribution in [0.3, 0.4) is 0 Å². The molecule has 2 heteroatoms. The molecule has 2 aromatic rings. The van der Waals surface area contributed by atoms with Crippen LogP contribution in [0.4, 0.5) is 0 Å². The highest BCUT2D eigenvalue weighted by molar-refractivity contribution is 5.82. The zero-order valence-corrected chi connectivity index (χ0v) is 7.45. The van der Waals surface area contributed by atoms with Crippen molar-refractivity contribution >= 4 is 10.9 Å². The summed E-state index contributed by atoms with van der Waals surface area (Å²) in [6.07, 6.45) is 0. The lowest BCUT2D eigenvalue weighted by Crippen LogP contribution is -1.87. The van der Waals surface area contributed by atoms with Crippen molar-refractivity contribution in [1.82, 2.24) is 4.98 Å². The van der Waals surface area contributed by atoms with E-state index in [1.807, 2.05) is 37.3 Å². The molecule has 0 spiro atoms. The Hall–Kier alpha value is -1.57. The molecule has 2 rings (SSSR count). The Labute approximate surface area is 77.2 Å². The van der Waals surface area contributed by atoms with Crippen LogP contribution in [0.1, 0.15) is 5.56 Å². The number of para-hydroxylation sites is 1. The smallest absolute Gasteiger partial charge is 0.213 e. The number of benzene rings is 1. The molecule has 0 N–H and O–H groups in total. The number of nitrogens with zero attached hydrogens (tertiary/aromatic N) is 1. The monoisotopic (exact) mass is 172 g/mol. The summed E-state index contributed by atoms with van der Waals surface area (Å²) in [6.45, 7) is 2.03. The van der Waals surface area contributed by atoms with E-state index in [0.29, 0.717) is 5.88 Å². The second kappa shape index (κ2) is 3.05. The molecule has 0 fully saturated rings. The summed E-state index contributed by atoms with van der Waals surface area (Å²) in [5, 5.41) is 1.13. The average molecular weight is 172 g/mol. The molecule has 0 aliphatic heterocycles. The van der Waals surface area contributed by atoms with Crippen molar-refractivity contribution in [2.75, 3.05) is 0 Å². The molecule has 1 radical (unpaired) electrons. The summed E-state index contributed by atoms with van der Waals surface area (Å²) in [6, 6.07) is 9.87. The fourth-order valence-electron chi connectivity index (χ4n) is 1.36. The highest BCUT2D eigenvalue weighted by Crippen LogP contribution is 2.19. The normalized spacial score (nSPS) is 10.3. The number of pyridine rings is 1. The van der Waals surface area contributed by atoms with Gasteiger partial charge in [-0.1, -0.05) is 18.2 Å². The minimum absolute atomic E-state index is 0.557. The van der Waals surface area contributed by atoms with Gasteiger partial charge in [0, 0.05) is 11.5 Å². The SMILES string of the molecule is [CH2]Oc1ccc2cccc(C)c2n1. The molecule has 1 aromatic heterocycles. The molecule has 0 saturated carbocycles. The van der Waals surface area contributed by atoms with E-state index in [1.165, 1.54) is 0 Å². The van der Waals surface area contributed by atoms with Crippen molar-refractivity contribution in [3.63, 3.8) is 0 Å². The van der Waals surface area contributed by atoms with E-state index in [4.69, 9.17) is 4.74 Å².